The molecule has 108 valence electrons. The number of amides is 2. The quantitative estimate of drug-likeness (QED) is 0.751. The topological polar surface area (TPSA) is 58.2 Å². The highest BCUT2D eigenvalue weighted by Gasteiger charge is 2.23. The lowest BCUT2D eigenvalue weighted by atomic mass is 10.1. The highest BCUT2D eigenvalue weighted by molar-refractivity contribution is 5.96. The number of nitrogens with one attached hydrogen (secondary N) is 2. The minimum atomic E-state index is -0.0340. The van der Waals surface area contributed by atoms with E-state index in [1.54, 1.807) is 24.3 Å². The Hall–Kier alpha value is -1.84. The van der Waals surface area contributed by atoms with Crippen molar-refractivity contribution in [2.24, 2.45) is 0 Å². The molecule has 0 atom stereocenters. The highest BCUT2D eigenvalue weighted by Crippen LogP contribution is 2.19. The average molecular weight is 274 g/mol. The summed E-state index contributed by atoms with van der Waals surface area (Å²) in [6.07, 6.45) is 5.82. The Morgan fingerprint density at radius 2 is 1.85 bits per heavy atom. The van der Waals surface area contributed by atoms with Crippen molar-refractivity contribution >= 4 is 17.5 Å². The molecule has 1 saturated carbocycles. The van der Waals surface area contributed by atoms with Gasteiger partial charge < -0.3 is 10.6 Å². The third kappa shape index (κ3) is 4.68. The second kappa shape index (κ2) is 7.08. The molecule has 1 aromatic carbocycles. The second-order valence-electron chi connectivity index (χ2n) is 5.33. The zero-order valence-electron chi connectivity index (χ0n) is 11.9. The minimum Gasteiger partial charge on any atom is -0.349 e. The number of carbonyl (C=O) groups is 2. The number of benzene rings is 1. The fourth-order valence-corrected chi connectivity index (χ4v) is 1.96. The lowest BCUT2D eigenvalue weighted by Gasteiger charge is -2.07. The number of carbonyl (C=O) groups excluding carboxylic acids is 2. The van der Waals surface area contributed by atoms with Crippen molar-refractivity contribution in [1.29, 1.82) is 0 Å². The van der Waals surface area contributed by atoms with Crippen LogP contribution in [0, 0.1) is 0 Å². The number of rotatable bonds is 7. The van der Waals surface area contributed by atoms with Crippen LogP contribution in [0.4, 0.5) is 5.69 Å². The molecule has 20 heavy (non-hydrogen) atoms. The molecule has 2 rings (SSSR count). The van der Waals surface area contributed by atoms with E-state index in [9.17, 15) is 9.59 Å². The molecular formula is C16H22N2O2. The van der Waals surface area contributed by atoms with Crippen molar-refractivity contribution in [2.45, 2.75) is 51.5 Å². The van der Waals surface area contributed by atoms with Crippen LogP contribution < -0.4 is 10.6 Å². The summed E-state index contributed by atoms with van der Waals surface area (Å²) in [6.45, 7) is 2.11. The first-order valence-corrected chi connectivity index (χ1v) is 7.40. The number of unbranched alkanes of at least 4 members (excludes halogenated alkanes) is 2. The molecule has 0 heterocycles. The van der Waals surface area contributed by atoms with Crippen molar-refractivity contribution in [1.82, 2.24) is 5.32 Å². The van der Waals surface area contributed by atoms with Gasteiger partial charge in [0.2, 0.25) is 5.91 Å². The summed E-state index contributed by atoms with van der Waals surface area (Å²) in [5.74, 6) is 0.00181. The molecule has 4 nitrogen and oxygen atoms in total. The van der Waals surface area contributed by atoms with Gasteiger partial charge in [-0.15, -0.1) is 0 Å². The highest BCUT2D eigenvalue weighted by atomic mass is 16.2. The smallest absolute Gasteiger partial charge is 0.251 e. The summed E-state index contributed by atoms with van der Waals surface area (Å²) >= 11 is 0. The molecule has 0 saturated heterocycles. The van der Waals surface area contributed by atoms with E-state index < -0.39 is 0 Å². The second-order valence-corrected chi connectivity index (χ2v) is 5.33. The zero-order valence-corrected chi connectivity index (χ0v) is 11.9. The predicted octanol–water partition coefficient (Wildman–Crippen LogP) is 3.10. The van der Waals surface area contributed by atoms with Gasteiger partial charge in [0.25, 0.3) is 5.91 Å². The summed E-state index contributed by atoms with van der Waals surface area (Å²) in [7, 11) is 0. The molecule has 1 aromatic rings. The third-order valence-electron chi connectivity index (χ3n) is 3.35. The van der Waals surface area contributed by atoms with Crippen LogP contribution in [0.1, 0.15) is 55.8 Å². The van der Waals surface area contributed by atoms with Crippen LogP contribution in [0.25, 0.3) is 0 Å². The fraction of sp³-hybridized carbons (Fsp3) is 0.500. The molecule has 0 bridgehead atoms. The average Bonchev–Trinajstić information content (AvgIpc) is 3.24. The molecule has 0 aliphatic heterocycles. The summed E-state index contributed by atoms with van der Waals surface area (Å²) in [5.41, 5.74) is 1.38. The van der Waals surface area contributed by atoms with Crippen LogP contribution in [0.3, 0.4) is 0 Å². The molecule has 0 unspecified atom stereocenters. The Kier molecular flexibility index (Phi) is 5.16. The molecule has 4 heteroatoms. The van der Waals surface area contributed by atoms with E-state index in [0.29, 0.717) is 18.0 Å². The minimum absolute atomic E-state index is 0.0340. The van der Waals surface area contributed by atoms with Crippen LogP contribution in [-0.4, -0.2) is 17.9 Å². The largest absolute Gasteiger partial charge is 0.349 e. The van der Waals surface area contributed by atoms with Crippen LogP contribution in [-0.2, 0) is 4.79 Å². The normalized spacial score (nSPS) is 13.8. The van der Waals surface area contributed by atoms with Gasteiger partial charge in [-0.3, -0.25) is 9.59 Å². The lowest BCUT2D eigenvalue weighted by molar-refractivity contribution is -0.116. The fourth-order valence-electron chi connectivity index (χ4n) is 1.96. The Morgan fingerprint density at radius 1 is 1.15 bits per heavy atom. The standard InChI is InChI=1S/C16H22N2O2/c1-2-3-4-5-15(19)17-13-8-6-12(7-9-13)16(20)18-14-10-11-14/h6-9,14H,2-5,10-11H2,1H3,(H,17,19)(H,18,20). The van der Waals surface area contributed by atoms with E-state index >= 15 is 0 Å². The maximum absolute atomic E-state index is 11.8. The van der Waals surface area contributed by atoms with Crippen LogP contribution in [0.15, 0.2) is 24.3 Å². The first-order chi connectivity index (χ1) is 9.69. The Morgan fingerprint density at radius 3 is 2.45 bits per heavy atom. The van der Waals surface area contributed by atoms with Gasteiger partial charge >= 0.3 is 0 Å². The van der Waals surface area contributed by atoms with Crippen LogP contribution in [0.2, 0.25) is 0 Å². The Bertz CT molecular complexity index is 464. The van der Waals surface area contributed by atoms with Gasteiger partial charge in [0, 0.05) is 23.7 Å². The number of anilines is 1. The molecular weight excluding hydrogens is 252 g/mol. The third-order valence-corrected chi connectivity index (χ3v) is 3.35. The van der Waals surface area contributed by atoms with Crippen molar-refractivity contribution in [3.63, 3.8) is 0 Å². The molecule has 1 aliphatic carbocycles. The van der Waals surface area contributed by atoms with Gasteiger partial charge in [0.15, 0.2) is 0 Å². The molecule has 0 radical (unpaired) electrons. The van der Waals surface area contributed by atoms with Gasteiger partial charge in [0.1, 0.15) is 0 Å². The lowest BCUT2D eigenvalue weighted by Crippen LogP contribution is -2.25. The number of hydrogen-bond donors (Lipinski definition) is 2. The van der Waals surface area contributed by atoms with Crippen LogP contribution in [0.5, 0.6) is 0 Å². The molecule has 1 fully saturated rings. The number of hydrogen-bond acceptors (Lipinski definition) is 2. The molecule has 0 aromatic heterocycles. The van der Waals surface area contributed by atoms with Gasteiger partial charge in [0.05, 0.1) is 0 Å². The van der Waals surface area contributed by atoms with E-state index in [1.165, 1.54) is 0 Å². The summed E-state index contributed by atoms with van der Waals surface area (Å²) < 4.78 is 0. The van der Waals surface area contributed by atoms with E-state index in [1.807, 2.05) is 0 Å². The SMILES string of the molecule is CCCCCC(=O)Nc1ccc(C(=O)NC2CC2)cc1. The van der Waals surface area contributed by atoms with Gasteiger partial charge in [-0.2, -0.15) is 0 Å². The zero-order chi connectivity index (χ0) is 14.4. The Balaban J connectivity index is 1.81. The van der Waals surface area contributed by atoms with Crippen molar-refractivity contribution in [2.75, 3.05) is 5.32 Å². The van der Waals surface area contributed by atoms with E-state index in [-0.39, 0.29) is 11.8 Å². The monoisotopic (exact) mass is 274 g/mol. The summed E-state index contributed by atoms with van der Waals surface area (Å²) in [6, 6.07) is 7.41. The van der Waals surface area contributed by atoms with Crippen molar-refractivity contribution < 1.29 is 9.59 Å². The molecule has 1 aliphatic rings. The van der Waals surface area contributed by atoms with Gasteiger partial charge in [-0.1, -0.05) is 19.8 Å². The van der Waals surface area contributed by atoms with E-state index in [0.717, 1.165) is 37.8 Å². The van der Waals surface area contributed by atoms with Gasteiger partial charge in [-0.05, 0) is 43.5 Å². The van der Waals surface area contributed by atoms with Crippen LogP contribution >= 0.6 is 0 Å². The molecule has 2 amide bonds. The summed E-state index contributed by atoms with van der Waals surface area (Å²) in [4.78, 5) is 23.5. The molecule has 0 spiro atoms. The van der Waals surface area contributed by atoms with Crippen molar-refractivity contribution in [3.05, 3.63) is 29.8 Å². The maximum atomic E-state index is 11.8. The summed E-state index contributed by atoms with van der Waals surface area (Å²) in [5, 5.41) is 5.79. The molecule has 2 N–H and O–H groups in total. The van der Waals surface area contributed by atoms with Crippen molar-refractivity contribution in [3.8, 4) is 0 Å². The predicted molar refractivity (Wildman–Crippen MR) is 79.7 cm³/mol. The first-order valence-electron chi connectivity index (χ1n) is 7.40. The van der Waals surface area contributed by atoms with Gasteiger partial charge in [-0.25, -0.2) is 0 Å². The Labute approximate surface area is 119 Å². The first kappa shape index (κ1) is 14.6. The maximum Gasteiger partial charge on any atom is 0.251 e. The van der Waals surface area contributed by atoms with E-state index in [4.69, 9.17) is 0 Å². The van der Waals surface area contributed by atoms with E-state index in [2.05, 4.69) is 17.6 Å².